The zero-order valence-electron chi connectivity index (χ0n) is 15.6. The van der Waals surface area contributed by atoms with Crippen molar-refractivity contribution in [1.29, 1.82) is 0 Å². The van der Waals surface area contributed by atoms with E-state index in [0.29, 0.717) is 17.2 Å². The molecule has 5 nitrogen and oxygen atoms in total. The van der Waals surface area contributed by atoms with Crippen LogP contribution in [-0.4, -0.2) is 35.9 Å². The Bertz CT molecular complexity index is 783. The highest BCUT2D eigenvalue weighted by Gasteiger charge is 2.27. The summed E-state index contributed by atoms with van der Waals surface area (Å²) in [5.41, 5.74) is 7.01. The number of carbonyl (C=O) groups is 2. The van der Waals surface area contributed by atoms with Crippen molar-refractivity contribution in [3.63, 3.8) is 0 Å². The maximum absolute atomic E-state index is 12.7. The molecule has 2 N–H and O–H groups in total. The molecule has 1 saturated heterocycles. The van der Waals surface area contributed by atoms with Gasteiger partial charge in [-0.25, -0.2) is 0 Å². The lowest BCUT2D eigenvalue weighted by Crippen LogP contribution is -2.45. The second kappa shape index (κ2) is 8.71. The largest absolute Gasteiger partial charge is 0.480 e. The average Bonchev–Trinajstić information content (AvgIpc) is 2.69. The van der Waals surface area contributed by atoms with Gasteiger partial charge >= 0.3 is 0 Å². The number of para-hydroxylation sites is 1. The van der Waals surface area contributed by atoms with Crippen molar-refractivity contribution in [3.05, 3.63) is 65.7 Å². The number of benzene rings is 2. The number of ether oxygens (including phenoxy) is 1. The monoisotopic (exact) mass is 366 g/mol. The van der Waals surface area contributed by atoms with Crippen LogP contribution in [0.5, 0.6) is 5.75 Å². The van der Waals surface area contributed by atoms with Gasteiger partial charge in [0.05, 0.1) is 5.56 Å². The lowest BCUT2D eigenvalue weighted by molar-refractivity contribution is -0.139. The highest BCUT2D eigenvalue weighted by Crippen LogP contribution is 2.24. The summed E-state index contributed by atoms with van der Waals surface area (Å²) < 4.78 is 5.75. The van der Waals surface area contributed by atoms with Crippen molar-refractivity contribution in [2.24, 2.45) is 11.7 Å². The van der Waals surface area contributed by atoms with Crippen LogP contribution in [0.3, 0.4) is 0 Å². The first-order valence-electron chi connectivity index (χ1n) is 9.43. The number of nitrogens with two attached hydrogens (primary N) is 1. The van der Waals surface area contributed by atoms with Crippen LogP contribution in [0.4, 0.5) is 0 Å². The van der Waals surface area contributed by atoms with E-state index in [1.165, 1.54) is 5.56 Å². The summed E-state index contributed by atoms with van der Waals surface area (Å²) in [7, 11) is 0. The number of piperidine rings is 1. The van der Waals surface area contributed by atoms with E-state index >= 15 is 0 Å². The van der Waals surface area contributed by atoms with Crippen LogP contribution in [-0.2, 0) is 11.2 Å². The zero-order chi connectivity index (χ0) is 19.2. The quantitative estimate of drug-likeness (QED) is 0.854. The Kier molecular flexibility index (Phi) is 6.12. The van der Waals surface area contributed by atoms with E-state index in [-0.39, 0.29) is 5.91 Å². The van der Waals surface area contributed by atoms with Crippen molar-refractivity contribution in [3.8, 4) is 5.75 Å². The second-order valence-corrected chi connectivity index (χ2v) is 7.08. The number of rotatable bonds is 6. The highest BCUT2D eigenvalue weighted by molar-refractivity contribution is 5.95. The van der Waals surface area contributed by atoms with Gasteiger partial charge in [-0.3, -0.25) is 9.59 Å². The maximum atomic E-state index is 12.7. The van der Waals surface area contributed by atoms with Gasteiger partial charge in [0, 0.05) is 13.1 Å². The number of likely N-dealkylation sites (tertiary alicyclic amines) is 1. The Labute approximate surface area is 160 Å². The van der Waals surface area contributed by atoms with Gasteiger partial charge in [-0.15, -0.1) is 0 Å². The van der Waals surface area contributed by atoms with Crippen molar-refractivity contribution in [2.45, 2.75) is 32.3 Å². The number of hydrogen-bond acceptors (Lipinski definition) is 3. The predicted molar refractivity (Wildman–Crippen MR) is 104 cm³/mol. The minimum atomic E-state index is -0.656. The summed E-state index contributed by atoms with van der Waals surface area (Å²) in [6.07, 6.45) is 2.38. The zero-order valence-corrected chi connectivity index (χ0v) is 15.6. The molecule has 0 aliphatic carbocycles. The highest BCUT2D eigenvalue weighted by atomic mass is 16.5. The molecular weight excluding hydrogens is 340 g/mol. The lowest BCUT2D eigenvalue weighted by Gasteiger charge is -2.33. The number of hydrogen-bond donors (Lipinski definition) is 1. The van der Waals surface area contributed by atoms with Crippen LogP contribution in [0.2, 0.25) is 0 Å². The summed E-state index contributed by atoms with van der Waals surface area (Å²) in [6.45, 7) is 3.19. The molecule has 1 fully saturated rings. The molecule has 1 aliphatic heterocycles. The van der Waals surface area contributed by atoms with E-state index in [1.807, 2.05) is 11.0 Å². The SMILES string of the molecule is CC(Oc1ccccc1C(N)=O)C(=O)N1CCC(Cc2ccccc2)CC1. The van der Waals surface area contributed by atoms with Crippen molar-refractivity contribution in [2.75, 3.05) is 13.1 Å². The molecule has 5 heteroatoms. The third kappa shape index (κ3) is 4.88. The normalized spacial score (nSPS) is 16.0. The lowest BCUT2D eigenvalue weighted by atomic mass is 9.90. The van der Waals surface area contributed by atoms with Gasteiger partial charge < -0.3 is 15.4 Å². The van der Waals surface area contributed by atoms with Crippen LogP contribution in [0, 0.1) is 5.92 Å². The average molecular weight is 366 g/mol. The van der Waals surface area contributed by atoms with Crippen LogP contribution < -0.4 is 10.5 Å². The molecule has 27 heavy (non-hydrogen) atoms. The molecular formula is C22H26N2O3. The van der Waals surface area contributed by atoms with E-state index in [2.05, 4.69) is 24.3 Å². The van der Waals surface area contributed by atoms with Crippen LogP contribution in [0.25, 0.3) is 0 Å². The Morgan fingerprint density at radius 2 is 1.70 bits per heavy atom. The van der Waals surface area contributed by atoms with E-state index in [1.54, 1.807) is 31.2 Å². The van der Waals surface area contributed by atoms with Gasteiger partial charge in [0.15, 0.2) is 6.10 Å². The molecule has 2 amide bonds. The van der Waals surface area contributed by atoms with E-state index < -0.39 is 12.0 Å². The Balaban J connectivity index is 1.54. The van der Waals surface area contributed by atoms with Gasteiger partial charge in [-0.1, -0.05) is 42.5 Å². The maximum Gasteiger partial charge on any atom is 0.263 e. The first kappa shape index (κ1) is 19.0. The number of carbonyl (C=O) groups excluding carboxylic acids is 2. The first-order chi connectivity index (χ1) is 13.0. The molecule has 1 atom stereocenters. The summed E-state index contributed by atoms with van der Waals surface area (Å²) in [6, 6.07) is 17.2. The smallest absolute Gasteiger partial charge is 0.263 e. The number of nitrogens with zero attached hydrogens (tertiary/aromatic N) is 1. The summed E-state index contributed by atoms with van der Waals surface area (Å²) >= 11 is 0. The fraction of sp³-hybridized carbons (Fsp3) is 0.364. The Hall–Kier alpha value is -2.82. The fourth-order valence-electron chi connectivity index (χ4n) is 3.58. The molecule has 0 bridgehead atoms. The van der Waals surface area contributed by atoms with Crippen molar-refractivity contribution in [1.82, 2.24) is 4.90 Å². The summed E-state index contributed by atoms with van der Waals surface area (Å²) in [4.78, 5) is 26.1. The molecule has 0 spiro atoms. The standard InChI is InChI=1S/C22H26N2O3/c1-16(27-20-10-6-5-9-19(20)21(23)25)22(26)24-13-11-18(12-14-24)15-17-7-3-2-4-8-17/h2-10,16,18H,11-15H2,1H3,(H2,23,25). The summed E-state index contributed by atoms with van der Waals surface area (Å²) in [5.74, 6) is 0.340. The van der Waals surface area contributed by atoms with Crippen molar-refractivity contribution < 1.29 is 14.3 Å². The van der Waals surface area contributed by atoms with E-state index in [4.69, 9.17) is 10.5 Å². The molecule has 2 aromatic rings. The van der Waals surface area contributed by atoms with Crippen LogP contribution in [0.15, 0.2) is 54.6 Å². The number of amides is 2. The van der Waals surface area contributed by atoms with Gasteiger partial charge in [-0.2, -0.15) is 0 Å². The molecule has 0 radical (unpaired) electrons. The second-order valence-electron chi connectivity index (χ2n) is 7.08. The molecule has 0 aromatic heterocycles. The minimum absolute atomic E-state index is 0.0487. The van der Waals surface area contributed by atoms with Gasteiger partial charge in [0.1, 0.15) is 5.75 Å². The third-order valence-corrected chi connectivity index (χ3v) is 5.10. The molecule has 1 unspecified atom stereocenters. The molecule has 142 valence electrons. The molecule has 1 aliphatic rings. The Morgan fingerprint density at radius 3 is 2.37 bits per heavy atom. The van der Waals surface area contributed by atoms with Crippen LogP contribution in [0.1, 0.15) is 35.7 Å². The summed E-state index contributed by atoms with van der Waals surface area (Å²) in [5, 5.41) is 0. The molecule has 0 saturated carbocycles. The topological polar surface area (TPSA) is 72.6 Å². The van der Waals surface area contributed by atoms with Crippen molar-refractivity contribution >= 4 is 11.8 Å². The first-order valence-corrected chi connectivity index (χ1v) is 9.43. The van der Waals surface area contributed by atoms with Crippen LogP contribution >= 0.6 is 0 Å². The predicted octanol–water partition coefficient (Wildman–Crippen LogP) is 3.03. The molecule has 1 heterocycles. The van der Waals surface area contributed by atoms with E-state index in [0.717, 1.165) is 32.4 Å². The van der Waals surface area contributed by atoms with Gasteiger partial charge in [0.2, 0.25) is 0 Å². The van der Waals surface area contributed by atoms with Gasteiger partial charge in [-0.05, 0) is 49.8 Å². The fourth-order valence-corrected chi connectivity index (χ4v) is 3.58. The third-order valence-electron chi connectivity index (χ3n) is 5.10. The molecule has 3 rings (SSSR count). The molecule has 2 aromatic carbocycles. The number of primary amides is 1. The van der Waals surface area contributed by atoms with Gasteiger partial charge in [0.25, 0.3) is 11.8 Å². The Morgan fingerprint density at radius 1 is 1.07 bits per heavy atom. The minimum Gasteiger partial charge on any atom is -0.480 e. The van der Waals surface area contributed by atoms with E-state index in [9.17, 15) is 9.59 Å².